The maximum atomic E-state index is 10.7. The summed E-state index contributed by atoms with van der Waals surface area (Å²) in [4.78, 5) is 20.6. The van der Waals surface area contributed by atoms with E-state index < -0.39 is 17.1 Å². The van der Waals surface area contributed by atoms with Gasteiger partial charge in [-0.15, -0.1) is 5.10 Å². The van der Waals surface area contributed by atoms with Gasteiger partial charge in [0.05, 0.1) is 11.8 Å². The highest BCUT2D eigenvalue weighted by atomic mass is 16.6. The van der Waals surface area contributed by atoms with E-state index in [9.17, 15) is 14.9 Å². The van der Waals surface area contributed by atoms with Crippen molar-refractivity contribution in [3.63, 3.8) is 0 Å². The van der Waals surface area contributed by atoms with Crippen molar-refractivity contribution in [3.05, 3.63) is 21.9 Å². The monoisotopic (exact) mass is 198 g/mol. The van der Waals surface area contributed by atoms with Crippen molar-refractivity contribution >= 4 is 11.9 Å². The summed E-state index contributed by atoms with van der Waals surface area (Å²) in [6.45, 7) is 0.0825. The molecule has 14 heavy (non-hydrogen) atoms. The van der Waals surface area contributed by atoms with E-state index >= 15 is 0 Å². The molecule has 0 radical (unpaired) electrons. The van der Waals surface area contributed by atoms with Gasteiger partial charge in [-0.25, -0.2) is 4.79 Å². The Bertz CT molecular complexity index is 387. The van der Waals surface area contributed by atoms with Crippen LogP contribution in [-0.2, 0) is 4.74 Å². The second-order valence-electron chi connectivity index (χ2n) is 2.73. The standard InChI is InChI=1S/C6H6N4O4/c11-6-8-4(2-14-6)3-1-7-9-5(3)10(12)13/h1,4H,2H2,(H,7,9)(H,8,11). The zero-order valence-electron chi connectivity index (χ0n) is 6.89. The summed E-state index contributed by atoms with van der Waals surface area (Å²) in [5.74, 6) is -0.221. The molecule has 1 saturated heterocycles. The molecular weight excluding hydrogens is 192 g/mol. The maximum absolute atomic E-state index is 10.7. The predicted octanol–water partition coefficient (Wildman–Crippen LogP) is 0.0988. The Labute approximate surface area is 77.4 Å². The van der Waals surface area contributed by atoms with Crippen LogP contribution in [0.15, 0.2) is 6.20 Å². The molecule has 0 aromatic carbocycles. The van der Waals surface area contributed by atoms with Gasteiger partial charge in [0.25, 0.3) is 0 Å². The number of nitrogens with zero attached hydrogens (tertiary/aromatic N) is 2. The minimum Gasteiger partial charge on any atom is -0.447 e. The average molecular weight is 198 g/mol. The predicted molar refractivity (Wildman–Crippen MR) is 42.5 cm³/mol. The molecule has 1 aliphatic rings. The number of nitrogens with one attached hydrogen (secondary N) is 2. The molecule has 0 bridgehead atoms. The van der Waals surface area contributed by atoms with Gasteiger partial charge in [0.1, 0.15) is 12.6 Å². The third-order valence-corrected chi connectivity index (χ3v) is 1.88. The molecule has 8 nitrogen and oxygen atoms in total. The Morgan fingerprint density at radius 2 is 2.50 bits per heavy atom. The fourth-order valence-corrected chi connectivity index (χ4v) is 1.24. The smallest absolute Gasteiger partial charge is 0.407 e. The maximum Gasteiger partial charge on any atom is 0.407 e. The van der Waals surface area contributed by atoms with E-state index in [0.29, 0.717) is 5.56 Å². The van der Waals surface area contributed by atoms with Crippen LogP contribution < -0.4 is 5.32 Å². The zero-order valence-corrected chi connectivity index (χ0v) is 6.89. The van der Waals surface area contributed by atoms with Crippen molar-refractivity contribution in [2.45, 2.75) is 6.04 Å². The molecule has 2 rings (SSSR count). The third-order valence-electron chi connectivity index (χ3n) is 1.88. The molecule has 74 valence electrons. The van der Waals surface area contributed by atoms with Crippen LogP contribution in [0.2, 0.25) is 0 Å². The van der Waals surface area contributed by atoms with E-state index in [1.165, 1.54) is 6.20 Å². The van der Waals surface area contributed by atoms with Gasteiger partial charge in [-0.2, -0.15) is 0 Å². The normalized spacial score (nSPS) is 20.3. The van der Waals surface area contributed by atoms with Gasteiger partial charge in [-0.05, 0) is 4.92 Å². The van der Waals surface area contributed by atoms with E-state index in [1.807, 2.05) is 0 Å². The lowest BCUT2D eigenvalue weighted by molar-refractivity contribution is -0.390. The molecule has 8 heteroatoms. The number of aromatic nitrogens is 2. The Balaban J connectivity index is 2.28. The number of nitro groups is 1. The Hall–Kier alpha value is -2.12. The highest BCUT2D eigenvalue weighted by Crippen LogP contribution is 2.24. The molecule has 0 aliphatic carbocycles. The summed E-state index contributed by atoms with van der Waals surface area (Å²) in [6.07, 6.45) is 0.725. The van der Waals surface area contributed by atoms with Crippen LogP contribution in [0.3, 0.4) is 0 Å². The van der Waals surface area contributed by atoms with Crippen LogP contribution >= 0.6 is 0 Å². The first-order valence-corrected chi connectivity index (χ1v) is 3.79. The van der Waals surface area contributed by atoms with E-state index in [-0.39, 0.29) is 12.4 Å². The van der Waals surface area contributed by atoms with E-state index in [1.54, 1.807) is 0 Å². The van der Waals surface area contributed by atoms with Gasteiger partial charge in [0.15, 0.2) is 0 Å². The Morgan fingerprint density at radius 1 is 1.71 bits per heavy atom. The second-order valence-corrected chi connectivity index (χ2v) is 2.73. The number of hydrogen-bond acceptors (Lipinski definition) is 5. The number of ether oxygens (including phenoxy) is 1. The van der Waals surface area contributed by atoms with Gasteiger partial charge in [0.2, 0.25) is 0 Å². The Kier molecular flexibility index (Phi) is 1.80. The molecule has 1 amide bonds. The van der Waals surface area contributed by atoms with E-state index in [0.717, 1.165) is 0 Å². The highest BCUT2D eigenvalue weighted by Gasteiger charge is 2.30. The van der Waals surface area contributed by atoms with Crippen molar-refractivity contribution in [2.24, 2.45) is 0 Å². The third kappa shape index (κ3) is 1.26. The zero-order chi connectivity index (χ0) is 10.1. The minimum absolute atomic E-state index is 0.0825. The largest absolute Gasteiger partial charge is 0.447 e. The topological polar surface area (TPSA) is 110 Å². The lowest BCUT2D eigenvalue weighted by atomic mass is 10.2. The van der Waals surface area contributed by atoms with Gasteiger partial charge in [-0.3, -0.25) is 0 Å². The summed E-state index contributed by atoms with van der Waals surface area (Å²) in [5, 5.41) is 18.7. The van der Waals surface area contributed by atoms with E-state index in [4.69, 9.17) is 0 Å². The lowest BCUT2D eigenvalue weighted by Crippen LogP contribution is -2.18. The minimum atomic E-state index is -0.590. The fraction of sp³-hybridized carbons (Fsp3) is 0.333. The second kappa shape index (κ2) is 2.98. The number of amides is 1. The fourth-order valence-electron chi connectivity index (χ4n) is 1.24. The molecule has 1 aromatic rings. The first-order chi connectivity index (χ1) is 6.68. The van der Waals surface area contributed by atoms with Gasteiger partial charge < -0.3 is 20.2 Å². The van der Waals surface area contributed by atoms with Crippen LogP contribution in [0.1, 0.15) is 11.6 Å². The molecule has 1 fully saturated rings. The molecule has 1 unspecified atom stereocenters. The number of carbonyl (C=O) groups excluding carboxylic acids is 1. The van der Waals surface area contributed by atoms with Crippen LogP contribution in [0.5, 0.6) is 0 Å². The lowest BCUT2D eigenvalue weighted by Gasteiger charge is -2.02. The quantitative estimate of drug-likeness (QED) is 0.517. The van der Waals surface area contributed by atoms with E-state index in [2.05, 4.69) is 20.3 Å². The molecule has 0 spiro atoms. The first kappa shape index (κ1) is 8.48. The number of aromatic amines is 1. The van der Waals surface area contributed by atoms with Crippen molar-refractivity contribution in [2.75, 3.05) is 6.61 Å². The van der Waals surface area contributed by atoms with Gasteiger partial charge in [-0.1, -0.05) is 5.10 Å². The number of rotatable bonds is 2. The number of H-pyrrole nitrogens is 1. The van der Waals surface area contributed by atoms with Crippen molar-refractivity contribution in [1.82, 2.24) is 15.5 Å². The van der Waals surface area contributed by atoms with Crippen LogP contribution in [0.25, 0.3) is 0 Å². The number of alkyl carbamates (subject to hydrolysis) is 1. The van der Waals surface area contributed by atoms with Crippen LogP contribution in [-0.4, -0.2) is 27.8 Å². The van der Waals surface area contributed by atoms with Crippen LogP contribution in [0, 0.1) is 10.1 Å². The molecular formula is C6H6N4O4. The molecule has 2 heterocycles. The summed E-state index contributed by atoms with van der Waals surface area (Å²) in [7, 11) is 0. The summed E-state index contributed by atoms with van der Waals surface area (Å²) < 4.78 is 4.61. The first-order valence-electron chi connectivity index (χ1n) is 3.79. The van der Waals surface area contributed by atoms with Crippen molar-refractivity contribution in [1.29, 1.82) is 0 Å². The number of hydrogen-bond donors (Lipinski definition) is 2. The van der Waals surface area contributed by atoms with Crippen molar-refractivity contribution < 1.29 is 14.5 Å². The number of cyclic esters (lactones) is 1. The van der Waals surface area contributed by atoms with Gasteiger partial charge in [0, 0.05) is 0 Å². The number of carbonyl (C=O) groups is 1. The Morgan fingerprint density at radius 3 is 3.07 bits per heavy atom. The summed E-state index contributed by atoms with van der Waals surface area (Å²) in [5.41, 5.74) is 0.320. The van der Waals surface area contributed by atoms with Crippen molar-refractivity contribution in [3.8, 4) is 0 Å². The molecule has 2 N–H and O–H groups in total. The molecule has 1 atom stereocenters. The molecule has 1 aromatic heterocycles. The molecule has 1 aliphatic heterocycles. The summed E-state index contributed by atoms with van der Waals surface area (Å²) in [6, 6.07) is -0.498. The average Bonchev–Trinajstić information content (AvgIpc) is 2.70. The van der Waals surface area contributed by atoms with Crippen LogP contribution in [0.4, 0.5) is 10.6 Å². The SMILES string of the molecule is O=C1NC(c2cn[nH]c2[N+](=O)[O-])CO1. The van der Waals surface area contributed by atoms with Gasteiger partial charge >= 0.3 is 11.9 Å². The highest BCUT2D eigenvalue weighted by molar-refractivity contribution is 5.70. The summed E-state index contributed by atoms with van der Waals surface area (Å²) >= 11 is 0. The molecule has 0 saturated carbocycles.